The highest BCUT2D eigenvalue weighted by atomic mass is 19.1. The number of nitriles is 1. The third kappa shape index (κ3) is 2.70. The van der Waals surface area contributed by atoms with Crippen molar-refractivity contribution in [3.63, 3.8) is 0 Å². The van der Waals surface area contributed by atoms with Crippen LogP contribution in [0.15, 0.2) is 28.7 Å². The number of furan rings is 1. The number of rotatable bonds is 3. The zero-order valence-electron chi connectivity index (χ0n) is 13.4. The number of aromatic nitrogens is 3. The van der Waals surface area contributed by atoms with Crippen LogP contribution in [0.3, 0.4) is 0 Å². The molecule has 0 N–H and O–H groups in total. The van der Waals surface area contributed by atoms with Gasteiger partial charge in [0.15, 0.2) is 17.5 Å². The minimum Gasteiger partial charge on any atom is -0.453 e. The average molecular weight is 338 g/mol. The molecule has 0 bridgehead atoms. The second-order valence-electron chi connectivity index (χ2n) is 6.16. The van der Waals surface area contributed by atoms with Gasteiger partial charge in [0.1, 0.15) is 17.2 Å². The van der Waals surface area contributed by atoms with Crippen molar-refractivity contribution in [1.82, 2.24) is 14.8 Å². The molecule has 7 heteroatoms. The molecule has 1 aliphatic rings. The maximum atomic E-state index is 13.3. The minimum atomic E-state index is -1.09. The molecule has 4 rings (SSSR count). The summed E-state index contributed by atoms with van der Waals surface area (Å²) in [5.41, 5.74) is 0.404. The number of hydrogen-bond acceptors (Lipinski definition) is 5. The molecule has 3 heterocycles. The molecule has 0 radical (unpaired) electrons. The van der Waals surface area contributed by atoms with Crippen LogP contribution in [0.1, 0.15) is 47.4 Å². The van der Waals surface area contributed by atoms with E-state index in [0.717, 1.165) is 31.5 Å². The quantitative estimate of drug-likeness (QED) is 0.684. The van der Waals surface area contributed by atoms with E-state index < -0.39 is 17.5 Å². The average Bonchev–Trinajstić information content (AvgIpc) is 3.12. The van der Waals surface area contributed by atoms with Gasteiger partial charge in [-0.05, 0) is 37.1 Å². The third-order valence-corrected chi connectivity index (χ3v) is 4.51. The van der Waals surface area contributed by atoms with Crippen molar-refractivity contribution >= 4 is 16.8 Å². The van der Waals surface area contributed by atoms with Crippen LogP contribution in [-0.4, -0.2) is 20.5 Å². The summed E-state index contributed by atoms with van der Waals surface area (Å²) in [7, 11) is 0. The maximum Gasteiger partial charge on any atom is 0.222 e. The van der Waals surface area contributed by atoms with Gasteiger partial charge in [-0.3, -0.25) is 4.79 Å². The SMILES string of the molecule is N#CC(C(=O)c1cc2cc(F)ccc2o1)c1nnc2n1CCCCC2. The van der Waals surface area contributed by atoms with E-state index in [9.17, 15) is 14.4 Å². The number of carbonyl (C=O) groups excluding carboxylic acids is 1. The van der Waals surface area contributed by atoms with Gasteiger partial charge >= 0.3 is 0 Å². The normalized spacial score (nSPS) is 15.4. The molecular weight excluding hydrogens is 323 g/mol. The van der Waals surface area contributed by atoms with Gasteiger partial charge in [-0.25, -0.2) is 4.39 Å². The summed E-state index contributed by atoms with van der Waals surface area (Å²) in [6, 6.07) is 7.51. The molecule has 1 unspecified atom stereocenters. The van der Waals surface area contributed by atoms with Crippen molar-refractivity contribution in [2.45, 2.75) is 38.1 Å². The van der Waals surface area contributed by atoms with Crippen LogP contribution >= 0.6 is 0 Å². The summed E-state index contributed by atoms with van der Waals surface area (Å²) in [6.45, 7) is 0.703. The molecule has 1 atom stereocenters. The number of carbonyl (C=O) groups is 1. The number of halogens is 1. The largest absolute Gasteiger partial charge is 0.453 e. The number of aryl methyl sites for hydroxylation is 1. The predicted octanol–water partition coefficient (Wildman–Crippen LogP) is 3.38. The molecule has 0 saturated carbocycles. The Morgan fingerprint density at radius 2 is 2.16 bits per heavy atom. The molecule has 1 aromatic carbocycles. The van der Waals surface area contributed by atoms with Crippen LogP contribution < -0.4 is 0 Å². The lowest BCUT2D eigenvalue weighted by atomic mass is 10.0. The Labute approximate surface area is 142 Å². The Kier molecular flexibility index (Phi) is 3.80. The van der Waals surface area contributed by atoms with Gasteiger partial charge in [0.2, 0.25) is 5.78 Å². The van der Waals surface area contributed by atoms with Gasteiger partial charge < -0.3 is 8.98 Å². The molecular formula is C18H15FN4O2. The maximum absolute atomic E-state index is 13.3. The Hall–Kier alpha value is -3.01. The Morgan fingerprint density at radius 1 is 1.28 bits per heavy atom. The van der Waals surface area contributed by atoms with Crippen LogP contribution in [0.2, 0.25) is 0 Å². The van der Waals surface area contributed by atoms with E-state index in [1.807, 2.05) is 10.6 Å². The van der Waals surface area contributed by atoms with Crippen LogP contribution in [0.25, 0.3) is 11.0 Å². The van der Waals surface area contributed by atoms with Gasteiger partial charge in [0.05, 0.1) is 6.07 Å². The van der Waals surface area contributed by atoms with Crippen molar-refractivity contribution < 1.29 is 13.6 Å². The summed E-state index contributed by atoms with van der Waals surface area (Å²) in [5.74, 6) is -0.795. The van der Waals surface area contributed by atoms with E-state index in [-0.39, 0.29) is 5.76 Å². The second-order valence-corrected chi connectivity index (χ2v) is 6.16. The van der Waals surface area contributed by atoms with Crippen molar-refractivity contribution in [3.05, 3.63) is 47.5 Å². The molecule has 126 valence electrons. The van der Waals surface area contributed by atoms with Crippen molar-refractivity contribution in [1.29, 1.82) is 5.26 Å². The fourth-order valence-electron chi connectivity index (χ4n) is 3.23. The first-order valence-electron chi connectivity index (χ1n) is 8.22. The Balaban J connectivity index is 1.72. The number of ketones is 1. The zero-order valence-corrected chi connectivity index (χ0v) is 13.4. The van der Waals surface area contributed by atoms with Crippen LogP contribution in [0.5, 0.6) is 0 Å². The fourth-order valence-corrected chi connectivity index (χ4v) is 3.23. The second kappa shape index (κ2) is 6.13. The Bertz CT molecular complexity index is 998. The molecule has 3 aromatic rings. The summed E-state index contributed by atoms with van der Waals surface area (Å²) in [6.07, 6.45) is 3.87. The topological polar surface area (TPSA) is 84.7 Å². The van der Waals surface area contributed by atoms with E-state index in [2.05, 4.69) is 10.2 Å². The number of hydrogen-bond donors (Lipinski definition) is 0. The van der Waals surface area contributed by atoms with Gasteiger partial charge in [0.25, 0.3) is 0 Å². The lowest BCUT2D eigenvalue weighted by Crippen LogP contribution is -2.17. The molecule has 1 aliphatic heterocycles. The van der Waals surface area contributed by atoms with E-state index >= 15 is 0 Å². The minimum absolute atomic E-state index is 0.0260. The van der Waals surface area contributed by atoms with E-state index in [0.29, 0.717) is 23.3 Å². The molecule has 6 nitrogen and oxygen atoms in total. The molecule has 0 aliphatic carbocycles. The highest BCUT2D eigenvalue weighted by Gasteiger charge is 2.31. The predicted molar refractivity (Wildman–Crippen MR) is 86.4 cm³/mol. The summed E-state index contributed by atoms with van der Waals surface area (Å²) in [4.78, 5) is 12.8. The molecule has 0 amide bonds. The van der Waals surface area contributed by atoms with E-state index in [1.54, 1.807) is 0 Å². The van der Waals surface area contributed by atoms with Crippen molar-refractivity contribution in [2.75, 3.05) is 0 Å². The number of fused-ring (bicyclic) bond motifs is 2. The van der Waals surface area contributed by atoms with E-state index in [4.69, 9.17) is 4.42 Å². The summed E-state index contributed by atoms with van der Waals surface area (Å²) in [5, 5.41) is 18.3. The van der Waals surface area contributed by atoms with E-state index in [1.165, 1.54) is 24.3 Å². The lowest BCUT2D eigenvalue weighted by Gasteiger charge is -2.09. The van der Waals surface area contributed by atoms with Gasteiger partial charge in [-0.2, -0.15) is 5.26 Å². The standard InChI is InChI=1S/C18H15FN4O2/c19-12-5-6-14-11(8-12)9-15(25-14)17(24)13(10-20)18-22-21-16-4-2-1-3-7-23(16)18/h5-6,8-9,13H,1-4,7H2. The number of Topliss-reactive ketones (excluding diaryl/α,β-unsaturated/α-hetero) is 1. The first kappa shape index (κ1) is 15.5. The summed E-state index contributed by atoms with van der Waals surface area (Å²) < 4.78 is 20.7. The number of nitrogens with zero attached hydrogens (tertiary/aromatic N) is 4. The van der Waals surface area contributed by atoms with Crippen molar-refractivity contribution in [3.8, 4) is 6.07 Å². The first-order chi connectivity index (χ1) is 12.2. The van der Waals surface area contributed by atoms with Gasteiger partial charge in [-0.15, -0.1) is 10.2 Å². The highest BCUT2D eigenvalue weighted by molar-refractivity contribution is 6.02. The molecule has 0 fully saturated rings. The van der Waals surface area contributed by atoms with Crippen molar-refractivity contribution in [2.24, 2.45) is 0 Å². The lowest BCUT2D eigenvalue weighted by molar-refractivity contribution is 0.0949. The molecule has 25 heavy (non-hydrogen) atoms. The fraction of sp³-hybridized carbons (Fsp3) is 0.333. The van der Waals surface area contributed by atoms with Crippen LogP contribution in [-0.2, 0) is 13.0 Å². The Morgan fingerprint density at radius 3 is 3.00 bits per heavy atom. The molecule has 0 spiro atoms. The smallest absolute Gasteiger partial charge is 0.222 e. The zero-order chi connectivity index (χ0) is 17.4. The number of benzene rings is 1. The van der Waals surface area contributed by atoms with Gasteiger partial charge in [-0.1, -0.05) is 6.42 Å². The third-order valence-electron chi connectivity index (χ3n) is 4.51. The van der Waals surface area contributed by atoms with Crippen LogP contribution in [0.4, 0.5) is 4.39 Å². The van der Waals surface area contributed by atoms with Gasteiger partial charge in [0, 0.05) is 18.4 Å². The highest BCUT2D eigenvalue weighted by Crippen LogP contribution is 2.27. The molecule has 0 saturated heterocycles. The molecule has 2 aromatic heterocycles. The van der Waals surface area contributed by atoms with Crippen LogP contribution in [0, 0.1) is 17.1 Å². The monoisotopic (exact) mass is 338 g/mol. The first-order valence-corrected chi connectivity index (χ1v) is 8.22. The summed E-state index contributed by atoms with van der Waals surface area (Å²) >= 11 is 0.